The van der Waals surface area contributed by atoms with E-state index in [1.54, 1.807) is 47.4 Å². The topological polar surface area (TPSA) is 106 Å². The van der Waals surface area contributed by atoms with Crippen LogP contribution in [0.2, 0.25) is 0 Å². The van der Waals surface area contributed by atoms with Gasteiger partial charge in [-0.2, -0.15) is 0 Å². The molecule has 0 aromatic heterocycles. The van der Waals surface area contributed by atoms with E-state index in [0.717, 1.165) is 0 Å². The Labute approximate surface area is 204 Å². The molecule has 0 radical (unpaired) electrons. The summed E-state index contributed by atoms with van der Waals surface area (Å²) < 4.78 is 16.0. The Balaban J connectivity index is 1.44. The fraction of sp³-hybridized carbons (Fsp3) is 0.346. The Morgan fingerprint density at radius 1 is 1.14 bits per heavy atom. The van der Waals surface area contributed by atoms with Crippen LogP contribution in [0.25, 0.3) is 0 Å². The van der Waals surface area contributed by atoms with Crippen LogP contribution in [0, 0.1) is 5.92 Å². The van der Waals surface area contributed by atoms with Crippen molar-refractivity contribution in [3.63, 3.8) is 0 Å². The summed E-state index contributed by atoms with van der Waals surface area (Å²) in [6.45, 7) is 4.97. The molecule has 0 spiro atoms. The second-order valence-corrected chi connectivity index (χ2v) is 8.38. The summed E-state index contributed by atoms with van der Waals surface area (Å²) in [6, 6.07) is 11.3. The quantitative estimate of drug-likeness (QED) is 0.563. The van der Waals surface area contributed by atoms with Gasteiger partial charge in [-0.3, -0.25) is 14.4 Å². The molecular weight excluding hydrogens is 450 g/mol. The van der Waals surface area contributed by atoms with Gasteiger partial charge in [-0.1, -0.05) is 18.2 Å². The standard InChI is InChI=1S/C26H29N3O6/c1-3-12-27-25(31)23(28-24(30)18-8-9-21-22(15-18)35-16-34-21)17-10-13-29(14-11-17)26(32)19-6-4-5-7-20(19)33-2/h3-9,15,17,23H,1,10-14,16H2,2H3,(H,27,31)(H,28,30)/t23-/m0/s1. The number of methoxy groups -OCH3 is 1. The van der Waals surface area contributed by atoms with Gasteiger partial charge in [-0.05, 0) is 49.1 Å². The van der Waals surface area contributed by atoms with Crippen molar-refractivity contribution >= 4 is 17.7 Å². The third-order valence-corrected chi connectivity index (χ3v) is 6.26. The number of nitrogens with one attached hydrogen (secondary N) is 2. The van der Waals surface area contributed by atoms with Crippen molar-refractivity contribution in [2.75, 3.05) is 33.5 Å². The lowest BCUT2D eigenvalue weighted by molar-refractivity contribution is -0.124. The summed E-state index contributed by atoms with van der Waals surface area (Å²) in [5, 5.41) is 5.68. The highest BCUT2D eigenvalue weighted by Crippen LogP contribution is 2.32. The smallest absolute Gasteiger partial charge is 0.257 e. The average molecular weight is 480 g/mol. The minimum atomic E-state index is -0.753. The molecule has 1 atom stereocenters. The van der Waals surface area contributed by atoms with Crippen molar-refractivity contribution in [2.45, 2.75) is 18.9 Å². The van der Waals surface area contributed by atoms with Crippen LogP contribution in [0.15, 0.2) is 55.1 Å². The fourth-order valence-electron chi connectivity index (χ4n) is 4.37. The summed E-state index contributed by atoms with van der Waals surface area (Å²) in [5.41, 5.74) is 0.879. The van der Waals surface area contributed by atoms with Crippen molar-refractivity contribution in [3.8, 4) is 17.2 Å². The molecule has 2 aromatic carbocycles. The monoisotopic (exact) mass is 479 g/mol. The van der Waals surface area contributed by atoms with Gasteiger partial charge in [0.15, 0.2) is 11.5 Å². The molecule has 35 heavy (non-hydrogen) atoms. The van der Waals surface area contributed by atoms with Gasteiger partial charge in [0.25, 0.3) is 11.8 Å². The molecule has 2 heterocycles. The summed E-state index contributed by atoms with van der Waals surface area (Å²) in [4.78, 5) is 40.8. The van der Waals surface area contributed by atoms with Gasteiger partial charge >= 0.3 is 0 Å². The molecule has 0 saturated carbocycles. The Hall–Kier alpha value is -4.01. The largest absolute Gasteiger partial charge is 0.496 e. The van der Waals surface area contributed by atoms with Gasteiger partial charge in [0, 0.05) is 25.2 Å². The van der Waals surface area contributed by atoms with E-state index in [9.17, 15) is 14.4 Å². The van der Waals surface area contributed by atoms with Crippen molar-refractivity contribution in [1.29, 1.82) is 0 Å². The lowest BCUT2D eigenvalue weighted by Crippen LogP contribution is -2.53. The van der Waals surface area contributed by atoms with Crippen LogP contribution in [0.4, 0.5) is 0 Å². The number of likely N-dealkylation sites (tertiary alicyclic amines) is 1. The van der Waals surface area contributed by atoms with Crippen molar-refractivity contribution in [1.82, 2.24) is 15.5 Å². The maximum absolute atomic E-state index is 13.1. The number of carbonyl (C=O) groups excluding carboxylic acids is 3. The van der Waals surface area contributed by atoms with Gasteiger partial charge in [0.2, 0.25) is 12.7 Å². The molecule has 2 aromatic rings. The molecule has 9 nitrogen and oxygen atoms in total. The predicted molar refractivity (Wildman–Crippen MR) is 129 cm³/mol. The number of hydrogen-bond acceptors (Lipinski definition) is 6. The number of nitrogens with zero attached hydrogens (tertiary/aromatic N) is 1. The lowest BCUT2D eigenvalue weighted by Gasteiger charge is -2.36. The number of carbonyl (C=O) groups is 3. The van der Waals surface area contributed by atoms with Crippen molar-refractivity contribution in [2.24, 2.45) is 5.92 Å². The van der Waals surface area contributed by atoms with Crippen LogP contribution < -0.4 is 24.8 Å². The molecule has 184 valence electrons. The van der Waals surface area contributed by atoms with Crippen LogP contribution in [0.1, 0.15) is 33.6 Å². The number of hydrogen-bond donors (Lipinski definition) is 2. The number of ether oxygens (including phenoxy) is 3. The van der Waals surface area contributed by atoms with Crippen LogP contribution >= 0.6 is 0 Å². The zero-order valence-corrected chi connectivity index (χ0v) is 19.6. The summed E-state index contributed by atoms with van der Waals surface area (Å²) in [6.07, 6.45) is 2.71. The number of benzene rings is 2. The van der Waals surface area contributed by atoms with Crippen LogP contribution in [-0.4, -0.2) is 62.2 Å². The predicted octanol–water partition coefficient (Wildman–Crippen LogP) is 2.38. The third kappa shape index (κ3) is 5.40. The molecule has 0 aliphatic carbocycles. The molecule has 4 rings (SSSR count). The zero-order chi connectivity index (χ0) is 24.8. The molecular formula is C26H29N3O6. The van der Waals surface area contributed by atoms with Gasteiger partial charge in [0.1, 0.15) is 11.8 Å². The number of piperidine rings is 1. The minimum absolute atomic E-state index is 0.110. The first-order chi connectivity index (χ1) is 17.0. The van der Waals surface area contributed by atoms with E-state index in [2.05, 4.69) is 17.2 Å². The van der Waals surface area contributed by atoms with E-state index < -0.39 is 6.04 Å². The molecule has 1 saturated heterocycles. The highest BCUT2D eigenvalue weighted by atomic mass is 16.7. The summed E-state index contributed by atoms with van der Waals surface area (Å²) in [5.74, 6) is 0.681. The maximum Gasteiger partial charge on any atom is 0.257 e. The summed E-state index contributed by atoms with van der Waals surface area (Å²) in [7, 11) is 1.54. The molecule has 9 heteroatoms. The van der Waals surface area contributed by atoms with Crippen LogP contribution in [0.3, 0.4) is 0 Å². The molecule has 3 amide bonds. The molecule has 0 unspecified atom stereocenters. The van der Waals surface area contributed by atoms with Gasteiger partial charge in [0.05, 0.1) is 12.7 Å². The number of para-hydroxylation sites is 1. The third-order valence-electron chi connectivity index (χ3n) is 6.26. The number of fused-ring (bicyclic) bond motifs is 1. The second-order valence-electron chi connectivity index (χ2n) is 8.38. The molecule has 2 aliphatic rings. The van der Waals surface area contributed by atoms with Gasteiger partial charge in [-0.25, -0.2) is 0 Å². The summed E-state index contributed by atoms with van der Waals surface area (Å²) >= 11 is 0. The Morgan fingerprint density at radius 3 is 2.63 bits per heavy atom. The normalized spacial score (nSPS) is 15.7. The minimum Gasteiger partial charge on any atom is -0.496 e. The maximum atomic E-state index is 13.1. The molecule has 2 aliphatic heterocycles. The molecule has 0 bridgehead atoms. The Morgan fingerprint density at radius 2 is 1.89 bits per heavy atom. The van der Waals surface area contributed by atoms with E-state index in [0.29, 0.717) is 60.9 Å². The van der Waals surface area contributed by atoms with Crippen LogP contribution in [0.5, 0.6) is 17.2 Å². The highest BCUT2D eigenvalue weighted by Gasteiger charge is 2.34. The van der Waals surface area contributed by atoms with Gasteiger partial charge in [-0.15, -0.1) is 6.58 Å². The zero-order valence-electron chi connectivity index (χ0n) is 19.6. The van der Waals surface area contributed by atoms with Crippen molar-refractivity contribution in [3.05, 3.63) is 66.2 Å². The average Bonchev–Trinajstić information content (AvgIpc) is 3.38. The molecule has 2 N–H and O–H groups in total. The SMILES string of the molecule is C=CCNC(=O)[C@@H](NC(=O)c1ccc2c(c1)OCO2)C1CCN(C(=O)c2ccccc2OC)CC1. The highest BCUT2D eigenvalue weighted by molar-refractivity contribution is 5.98. The number of rotatable bonds is 8. The van der Waals surface area contributed by atoms with E-state index >= 15 is 0 Å². The van der Waals surface area contributed by atoms with Crippen LogP contribution in [-0.2, 0) is 4.79 Å². The Kier molecular flexibility index (Phi) is 7.54. The van der Waals surface area contributed by atoms with E-state index in [1.807, 2.05) is 6.07 Å². The van der Waals surface area contributed by atoms with E-state index in [4.69, 9.17) is 14.2 Å². The second kappa shape index (κ2) is 10.9. The first-order valence-electron chi connectivity index (χ1n) is 11.5. The molecule has 1 fully saturated rings. The van der Waals surface area contributed by atoms with E-state index in [1.165, 1.54) is 7.11 Å². The number of amides is 3. The Bertz CT molecular complexity index is 1110. The van der Waals surface area contributed by atoms with E-state index in [-0.39, 0.29) is 30.4 Å². The van der Waals surface area contributed by atoms with Gasteiger partial charge < -0.3 is 29.7 Å². The lowest BCUT2D eigenvalue weighted by atomic mass is 9.88. The van der Waals surface area contributed by atoms with Crippen molar-refractivity contribution < 1.29 is 28.6 Å². The first kappa shape index (κ1) is 24.1. The first-order valence-corrected chi connectivity index (χ1v) is 11.5. The fourth-order valence-corrected chi connectivity index (χ4v) is 4.37.